The number of rotatable bonds is 5. The lowest BCUT2D eigenvalue weighted by atomic mass is 9.82. The van der Waals surface area contributed by atoms with Crippen molar-refractivity contribution in [2.75, 3.05) is 9.80 Å². The number of benzene rings is 7. The minimum atomic E-state index is -0.108. The summed E-state index contributed by atoms with van der Waals surface area (Å²) in [6, 6.07) is 60.5. The van der Waals surface area contributed by atoms with Gasteiger partial charge < -0.3 is 14.5 Å². The number of ether oxygens (including phenoxy) is 1. The van der Waals surface area contributed by atoms with Gasteiger partial charge in [-0.2, -0.15) is 0 Å². The quantitative estimate of drug-likeness (QED) is 0.191. The Morgan fingerprint density at radius 1 is 0.458 bits per heavy atom. The molecule has 7 aromatic rings. The lowest BCUT2D eigenvalue weighted by Gasteiger charge is -2.34. The average molecular weight is 619 g/mol. The summed E-state index contributed by atoms with van der Waals surface area (Å²) >= 11 is 0. The summed E-state index contributed by atoms with van der Waals surface area (Å²) in [4.78, 5) is 4.64. The zero-order valence-electron chi connectivity index (χ0n) is 27.0. The molecule has 230 valence electrons. The molecular formula is C45H34N2O. The smallest absolute Gasteiger partial charge is 0.153 e. The predicted molar refractivity (Wildman–Crippen MR) is 199 cm³/mol. The van der Waals surface area contributed by atoms with Crippen LogP contribution in [0, 0.1) is 0 Å². The first-order valence-electron chi connectivity index (χ1n) is 16.5. The second-order valence-electron chi connectivity index (χ2n) is 13.0. The zero-order valence-corrected chi connectivity index (χ0v) is 27.0. The van der Waals surface area contributed by atoms with Crippen LogP contribution in [-0.2, 0) is 5.41 Å². The highest BCUT2D eigenvalue weighted by molar-refractivity contribution is 5.90. The molecule has 0 radical (unpaired) electrons. The van der Waals surface area contributed by atoms with E-state index in [0.717, 1.165) is 45.6 Å². The van der Waals surface area contributed by atoms with Crippen molar-refractivity contribution in [1.82, 2.24) is 0 Å². The Morgan fingerprint density at radius 3 is 1.85 bits per heavy atom. The molecule has 7 aromatic carbocycles. The second-order valence-corrected chi connectivity index (χ2v) is 13.0. The molecule has 0 N–H and O–H groups in total. The fourth-order valence-corrected chi connectivity index (χ4v) is 7.45. The Labute approximate surface area is 281 Å². The van der Waals surface area contributed by atoms with E-state index in [1.165, 1.54) is 33.4 Å². The summed E-state index contributed by atoms with van der Waals surface area (Å²) < 4.78 is 6.65. The predicted octanol–water partition coefficient (Wildman–Crippen LogP) is 12.7. The third-order valence-corrected chi connectivity index (χ3v) is 9.84. The molecule has 0 amide bonds. The number of nitrogens with zero attached hydrogens (tertiary/aromatic N) is 2. The molecule has 3 heteroatoms. The van der Waals surface area contributed by atoms with Crippen molar-refractivity contribution in [3.8, 4) is 33.8 Å². The summed E-state index contributed by atoms with van der Waals surface area (Å²) in [5.41, 5.74) is 14.0. The van der Waals surface area contributed by atoms with Crippen LogP contribution in [0.3, 0.4) is 0 Å². The van der Waals surface area contributed by atoms with Crippen LogP contribution in [0.1, 0.15) is 25.0 Å². The SMILES string of the molecule is CC1(C)c2ccccc2-c2ccc(N(c3ccc(-c4ccccc4)cc3)c3ccc4c(c3)Oc3ccccc3N4c3ccccc3)cc21. The number of hydrogen-bond donors (Lipinski definition) is 0. The minimum Gasteiger partial charge on any atom is -0.453 e. The lowest BCUT2D eigenvalue weighted by Crippen LogP contribution is -2.18. The molecule has 2 aliphatic rings. The van der Waals surface area contributed by atoms with Gasteiger partial charge in [-0.1, -0.05) is 117 Å². The van der Waals surface area contributed by atoms with E-state index in [0.29, 0.717) is 0 Å². The van der Waals surface area contributed by atoms with Gasteiger partial charge >= 0.3 is 0 Å². The third-order valence-electron chi connectivity index (χ3n) is 9.84. The largest absolute Gasteiger partial charge is 0.453 e. The number of fused-ring (bicyclic) bond motifs is 5. The summed E-state index contributed by atoms with van der Waals surface area (Å²) in [6.45, 7) is 4.67. The van der Waals surface area contributed by atoms with Crippen LogP contribution in [-0.4, -0.2) is 0 Å². The van der Waals surface area contributed by atoms with E-state index in [-0.39, 0.29) is 5.41 Å². The van der Waals surface area contributed by atoms with Crippen LogP contribution in [0.15, 0.2) is 170 Å². The maximum Gasteiger partial charge on any atom is 0.153 e. The Bertz CT molecular complexity index is 2290. The van der Waals surface area contributed by atoms with Crippen molar-refractivity contribution >= 4 is 34.1 Å². The van der Waals surface area contributed by atoms with Crippen molar-refractivity contribution in [3.05, 3.63) is 181 Å². The summed E-state index contributed by atoms with van der Waals surface area (Å²) in [7, 11) is 0. The number of para-hydroxylation sites is 3. The molecule has 0 spiro atoms. The molecule has 0 saturated carbocycles. The van der Waals surface area contributed by atoms with Crippen LogP contribution < -0.4 is 14.5 Å². The van der Waals surface area contributed by atoms with Gasteiger partial charge in [-0.15, -0.1) is 0 Å². The van der Waals surface area contributed by atoms with Crippen molar-refractivity contribution in [1.29, 1.82) is 0 Å². The van der Waals surface area contributed by atoms with Crippen molar-refractivity contribution in [2.45, 2.75) is 19.3 Å². The van der Waals surface area contributed by atoms with Gasteiger partial charge in [0.25, 0.3) is 0 Å². The van der Waals surface area contributed by atoms with Gasteiger partial charge in [0.05, 0.1) is 11.4 Å². The second kappa shape index (κ2) is 11.0. The molecular weight excluding hydrogens is 585 g/mol. The van der Waals surface area contributed by atoms with Gasteiger partial charge in [-0.3, -0.25) is 0 Å². The maximum absolute atomic E-state index is 6.65. The Balaban J connectivity index is 1.20. The highest BCUT2D eigenvalue weighted by atomic mass is 16.5. The summed E-state index contributed by atoms with van der Waals surface area (Å²) in [6.07, 6.45) is 0. The van der Waals surface area contributed by atoms with E-state index in [9.17, 15) is 0 Å². The number of anilines is 6. The van der Waals surface area contributed by atoms with Gasteiger partial charge in [-0.05, 0) is 94.0 Å². The van der Waals surface area contributed by atoms with E-state index in [1.54, 1.807) is 0 Å². The normalized spacial score (nSPS) is 13.5. The maximum atomic E-state index is 6.65. The summed E-state index contributed by atoms with van der Waals surface area (Å²) in [5, 5.41) is 0. The topological polar surface area (TPSA) is 15.7 Å². The highest BCUT2D eigenvalue weighted by Gasteiger charge is 2.36. The molecule has 0 saturated heterocycles. The van der Waals surface area contributed by atoms with Crippen LogP contribution in [0.2, 0.25) is 0 Å². The molecule has 0 aromatic heterocycles. The number of hydrogen-bond acceptors (Lipinski definition) is 3. The first-order chi connectivity index (χ1) is 23.6. The van der Waals surface area contributed by atoms with Gasteiger partial charge in [0.1, 0.15) is 0 Å². The van der Waals surface area contributed by atoms with E-state index in [4.69, 9.17) is 4.74 Å². The Hall–Kier alpha value is -6.06. The molecule has 0 bridgehead atoms. The van der Waals surface area contributed by atoms with Crippen molar-refractivity contribution in [2.24, 2.45) is 0 Å². The Morgan fingerprint density at radius 2 is 1.04 bits per heavy atom. The average Bonchev–Trinajstić information content (AvgIpc) is 3.37. The minimum absolute atomic E-state index is 0.108. The molecule has 0 unspecified atom stereocenters. The van der Waals surface area contributed by atoms with Gasteiger partial charge in [0.2, 0.25) is 0 Å². The molecule has 0 atom stereocenters. The molecule has 1 aliphatic heterocycles. The first-order valence-corrected chi connectivity index (χ1v) is 16.5. The molecule has 3 nitrogen and oxygen atoms in total. The van der Waals surface area contributed by atoms with Gasteiger partial charge in [0.15, 0.2) is 11.5 Å². The lowest BCUT2D eigenvalue weighted by molar-refractivity contribution is 0.477. The van der Waals surface area contributed by atoms with E-state index in [2.05, 4.69) is 181 Å². The van der Waals surface area contributed by atoms with Gasteiger partial charge in [-0.25, -0.2) is 0 Å². The van der Waals surface area contributed by atoms with Crippen molar-refractivity contribution in [3.63, 3.8) is 0 Å². The van der Waals surface area contributed by atoms with Crippen molar-refractivity contribution < 1.29 is 4.74 Å². The summed E-state index contributed by atoms with van der Waals surface area (Å²) in [5.74, 6) is 1.65. The van der Waals surface area contributed by atoms with Crippen LogP contribution in [0.4, 0.5) is 34.1 Å². The van der Waals surface area contributed by atoms with Crippen LogP contribution >= 0.6 is 0 Å². The molecule has 1 heterocycles. The third kappa shape index (κ3) is 4.51. The molecule has 48 heavy (non-hydrogen) atoms. The first kappa shape index (κ1) is 28.2. The Kier molecular flexibility index (Phi) is 6.48. The monoisotopic (exact) mass is 618 g/mol. The fraction of sp³-hybridized carbons (Fsp3) is 0.0667. The van der Waals surface area contributed by atoms with E-state index < -0.39 is 0 Å². The van der Waals surface area contributed by atoms with Gasteiger partial charge in [0, 0.05) is 34.2 Å². The molecule has 0 fully saturated rings. The van der Waals surface area contributed by atoms with E-state index >= 15 is 0 Å². The zero-order chi connectivity index (χ0) is 32.2. The van der Waals surface area contributed by atoms with E-state index in [1.807, 2.05) is 12.1 Å². The molecule has 9 rings (SSSR count). The fourth-order valence-electron chi connectivity index (χ4n) is 7.45. The standard InChI is InChI=1S/C45H34N2O/c1-45(2)39-18-10-9-17-37(39)38-27-25-35(29-40(38)45)46(34-23-21-32(22-24-34)31-13-5-3-6-14-31)36-26-28-42-44(30-36)48-43-20-12-11-19-41(43)47(42)33-15-7-4-8-16-33/h3-30H,1-2H3. The molecule has 1 aliphatic carbocycles. The van der Waals surface area contributed by atoms with Crippen LogP contribution in [0.5, 0.6) is 11.5 Å². The highest BCUT2D eigenvalue weighted by Crippen LogP contribution is 2.53. The van der Waals surface area contributed by atoms with Crippen LogP contribution in [0.25, 0.3) is 22.3 Å².